The van der Waals surface area contributed by atoms with Crippen LogP contribution in [0.4, 0.5) is 0 Å². The largest absolute Gasteiger partial charge is 0.306 e. The molecule has 0 amide bonds. The number of hydrogen-bond acceptors (Lipinski definition) is 2. The molecule has 0 saturated carbocycles. The van der Waals surface area contributed by atoms with Gasteiger partial charge in [0.15, 0.2) is 0 Å². The Morgan fingerprint density at radius 1 is 1.29 bits per heavy atom. The Kier molecular flexibility index (Phi) is 3.96. The number of likely N-dealkylation sites (tertiary alicyclic amines) is 1. The molecule has 1 saturated heterocycles. The van der Waals surface area contributed by atoms with Gasteiger partial charge in [0.1, 0.15) is 0 Å². The van der Waals surface area contributed by atoms with Crippen LogP contribution >= 0.6 is 0 Å². The number of rotatable bonds is 3. The average molecular weight is 198 g/mol. The van der Waals surface area contributed by atoms with Gasteiger partial charge in [-0.2, -0.15) is 0 Å². The molecule has 14 heavy (non-hydrogen) atoms. The van der Waals surface area contributed by atoms with Gasteiger partial charge in [-0.1, -0.05) is 6.92 Å². The smallest absolute Gasteiger partial charge is 0.0150 e. The number of nitrogens with zero attached hydrogens (tertiary/aromatic N) is 2. The molecule has 0 aromatic rings. The highest BCUT2D eigenvalue weighted by Crippen LogP contribution is 2.24. The van der Waals surface area contributed by atoms with E-state index < -0.39 is 0 Å². The normalized spacial score (nSPS) is 21.9. The first-order valence-corrected chi connectivity index (χ1v) is 5.89. The van der Waals surface area contributed by atoms with Gasteiger partial charge in [-0.25, -0.2) is 0 Å². The third-order valence-electron chi connectivity index (χ3n) is 4.06. The maximum absolute atomic E-state index is 2.58. The zero-order valence-corrected chi connectivity index (χ0v) is 10.5. The van der Waals surface area contributed by atoms with E-state index in [4.69, 9.17) is 0 Å². The molecule has 0 spiro atoms. The third kappa shape index (κ3) is 2.71. The van der Waals surface area contributed by atoms with Gasteiger partial charge < -0.3 is 4.90 Å². The molecule has 2 heteroatoms. The fourth-order valence-corrected chi connectivity index (χ4v) is 2.13. The molecule has 0 unspecified atom stereocenters. The van der Waals surface area contributed by atoms with Crippen molar-refractivity contribution >= 4 is 0 Å². The van der Waals surface area contributed by atoms with Crippen LogP contribution in [0.1, 0.15) is 40.0 Å². The molecule has 0 N–H and O–H groups in total. The molecular formula is C12H26N2. The first-order valence-electron chi connectivity index (χ1n) is 5.89. The summed E-state index contributed by atoms with van der Waals surface area (Å²) in [5.41, 5.74) is 0.362. The van der Waals surface area contributed by atoms with Gasteiger partial charge in [0.05, 0.1) is 0 Å². The van der Waals surface area contributed by atoms with Crippen LogP contribution < -0.4 is 0 Å². The first-order chi connectivity index (χ1) is 6.47. The molecule has 1 aliphatic rings. The van der Waals surface area contributed by atoms with Crippen LogP contribution in [0.25, 0.3) is 0 Å². The standard InChI is InChI=1S/C12H26N2/c1-6-12(2,3)14(5)11-7-9-13(4)10-8-11/h11H,6-10H2,1-5H3. The number of piperidine rings is 1. The van der Waals surface area contributed by atoms with E-state index in [1.54, 1.807) is 0 Å². The Morgan fingerprint density at radius 3 is 2.21 bits per heavy atom. The lowest BCUT2D eigenvalue weighted by atomic mass is 9.94. The van der Waals surface area contributed by atoms with Crippen molar-refractivity contribution in [2.45, 2.75) is 51.6 Å². The Labute approximate surface area is 89.3 Å². The molecule has 0 aromatic heterocycles. The van der Waals surface area contributed by atoms with Crippen LogP contribution in [-0.2, 0) is 0 Å². The Bertz CT molecular complexity index is 169. The average Bonchev–Trinajstić information content (AvgIpc) is 2.18. The SMILES string of the molecule is CCC(C)(C)N(C)C1CCN(C)CC1. The van der Waals surface area contributed by atoms with E-state index in [1.807, 2.05) is 0 Å². The zero-order valence-electron chi connectivity index (χ0n) is 10.5. The molecule has 0 atom stereocenters. The van der Waals surface area contributed by atoms with Crippen LogP contribution in [0.3, 0.4) is 0 Å². The minimum absolute atomic E-state index is 0.362. The summed E-state index contributed by atoms with van der Waals surface area (Å²) in [6.07, 6.45) is 3.89. The summed E-state index contributed by atoms with van der Waals surface area (Å²) in [6.45, 7) is 9.51. The lowest BCUT2D eigenvalue weighted by Gasteiger charge is -2.43. The molecule has 1 aliphatic heterocycles. The van der Waals surface area contributed by atoms with Crippen LogP contribution in [-0.4, -0.2) is 48.6 Å². The second-order valence-corrected chi connectivity index (χ2v) is 5.31. The van der Waals surface area contributed by atoms with E-state index in [-0.39, 0.29) is 0 Å². The van der Waals surface area contributed by atoms with E-state index in [1.165, 1.54) is 32.4 Å². The lowest BCUT2D eigenvalue weighted by molar-refractivity contribution is 0.0582. The minimum Gasteiger partial charge on any atom is -0.306 e. The predicted molar refractivity (Wildman–Crippen MR) is 62.7 cm³/mol. The second kappa shape index (κ2) is 4.63. The molecule has 0 bridgehead atoms. The van der Waals surface area contributed by atoms with Gasteiger partial charge >= 0.3 is 0 Å². The van der Waals surface area contributed by atoms with Gasteiger partial charge in [0.25, 0.3) is 0 Å². The molecule has 0 aromatic carbocycles. The third-order valence-corrected chi connectivity index (χ3v) is 4.06. The van der Waals surface area contributed by atoms with Crippen molar-refractivity contribution < 1.29 is 0 Å². The van der Waals surface area contributed by atoms with Crippen molar-refractivity contribution in [1.82, 2.24) is 9.80 Å². The maximum atomic E-state index is 2.58. The Morgan fingerprint density at radius 2 is 1.79 bits per heavy atom. The highest BCUT2D eigenvalue weighted by Gasteiger charge is 2.29. The summed E-state index contributed by atoms with van der Waals surface area (Å²) < 4.78 is 0. The van der Waals surface area contributed by atoms with E-state index in [0.29, 0.717) is 5.54 Å². The monoisotopic (exact) mass is 198 g/mol. The predicted octanol–water partition coefficient (Wildman–Crippen LogP) is 2.20. The summed E-state index contributed by atoms with van der Waals surface area (Å²) >= 11 is 0. The van der Waals surface area contributed by atoms with Crippen LogP contribution in [0.15, 0.2) is 0 Å². The highest BCUT2D eigenvalue weighted by atomic mass is 15.2. The van der Waals surface area contributed by atoms with Gasteiger partial charge in [0.2, 0.25) is 0 Å². The molecule has 0 radical (unpaired) electrons. The second-order valence-electron chi connectivity index (χ2n) is 5.31. The summed E-state index contributed by atoms with van der Waals surface area (Å²) in [5.74, 6) is 0. The van der Waals surface area contributed by atoms with Crippen LogP contribution in [0.2, 0.25) is 0 Å². The molecule has 1 rings (SSSR count). The topological polar surface area (TPSA) is 6.48 Å². The van der Waals surface area contributed by atoms with Gasteiger partial charge in [-0.05, 0) is 60.3 Å². The molecule has 1 fully saturated rings. The summed E-state index contributed by atoms with van der Waals surface area (Å²) in [5, 5.41) is 0. The quantitative estimate of drug-likeness (QED) is 0.686. The maximum Gasteiger partial charge on any atom is 0.0150 e. The Balaban J connectivity index is 2.49. The van der Waals surface area contributed by atoms with E-state index in [9.17, 15) is 0 Å². The summed E-state index contributed by atoms with van der Waals surface area (Å²) in [6, 6.07) is 0.793. The van der Waals surface area contributed by atoms with Crippen molar-refractivity contribution in [1.29, 1.82) is 0 Å². The van der Waals surface area contributed by atoms with E-state index >= 15 is 0 Å². The zero-order chi connectivity index (χ0) is 10.8. The molecule has 84 valence electrons. The fourth-order valence-electron chi connectivity index (χ4n) is 2.13. The fraction of sp³-hybridized carbons (Fsp3) is 1.00. The van der Waals surface area contributed by atoms with Gasteiger partial charge in [0, 0.05) is 11.6 Å². The van der Waals surface area contributed by atoms with Gasteiger partial charge in [-0.3, -0.25) is 4.90 Å². The van der Waals surface area contributed by atoms with Crippen molar-refractivity contribution in [2.24, 2.45) is 0 Å². The van der Waals surface area contributed by atoms with E-state index in [0.717, 1.165) is 6.04 Å². The summed E-state index contributed by atoms with van der Waals surface area (Å²) in [4.78, 5) is 5.02. The molecular weight excluding hydrogens is 172 g/mol. The van der Waals surface area contributed by atoms with Gasteiger partial charge in [-0.15, -0.1) is 0 Å². The Hall–Kier alpha value is -0.0800. The molecule has 1 heterocycles. The lowest BCUT2D eigenvalue weighted by Crippen LogP contribution is -2.50. The highest BCUT2D eigenvalue weighted by molar-refractivity contribution is 4.86. The van der Waals surface area contributed by atoms with Crippen molar-refractivity contribution in [3.8, 4) is 0 Å². The summed E-state index contributed by atoms with van der Waals surface area (Å²) in [7, 11) is 4.51. The van der Waals surface area contributed by atoms with Crippen LogP contribution in [0.5, 0.6) is 0 Å². The molecule has 0 aliphatic carbocycles. The molecule has 2 nitrogen and oxygen atoms in total. The van der Waals surface area contributed by atoms with Crippen molar-refractivity contribution in [3.63, 3.8) is 0 Å². The van der Waals surface area contributed by atoms with Crippen molar-refractivity contribution in [2.75, 3.05) is 27.2 Å². The van der Waals surface area contributed by atoms with Crippen LogP contribution in [0, 0.1) is 0 Å². The van der Waals surface area contributed by atoms with E-state index in [2.05, 4.69) is 44.7 Å². The van der Waals surface area contributed by atoms with Crippen molar-refractivity contribution in [3.05, 3.63) is 0 Å². The number of hydrogen-bond donors (Lipinski definition) is 0. The first kappa shape index (κ1) is 12.0. The minimum atomic E-state index is 0.362.